The van der Waals surface area contributed by atoms with Crippen molar-refractivity contribution in [3.63, 3.8) is 0 Å². The maximum atomic E-state index is 5.86. The maximum absolute atomic E-state index is 5.86. The summed E-state index contributed by atoms with van der Waals surface area (Å²) in [6, 6.07) is 0. The molecule has 0 aliphatic rings. The summed E-state index contributed by atoms with van der Waals surface area (Å²) in [5, 5.41) is 11.2. The Labute approximate surface area is 102 Å². The summed E-state index contributed by atoms with van der Waals surface area (Å²) in [5.74, 6) is 0. The van der Waals surface area contributed by atoms with Crippen LogP contribution in [-0.4, -0.2) is 40.8 Å². The Morgan fingerprint density at radius 3 is 0.786 bits per heavy atom. The zero-order valence-corrected chi connectivity index (χ0v) is 13.6. The summed E-state index contributed by atoms with van der Waals surface area (Å²) >= 11 is 0.694. The van der Waals surface area contributed by atoms with Gasteiger partial charge in [0.2, 0.25) is 0 Å². The average molecular weight is 370 g/mol. The van der Waals surface area contributed by atoms with E-state index in [9.17, 15) is 0 Å². The molecule has 0 amide bonds. The van der Waals surface area contributed by atoms with E-state index in [0.29, 0.717) is 20.9 Å². The molecular formula is C9H25N4Ta-3. The molecule has 0 saturated carbocycles. The molecular weight excluding hydrogens is 345 g/mol. The number of hydrogen-bond acceptors (Lipinski definition) is 1. The number of hydrogen-bond donors (Lipinski definition) is 1. The molecule has 0 heterocycles. The Kier molecular flexibility index (Phi) is 85.8. The summed E-state index contributed by atoms with van der Waals surface area (Å²) in [5.41, 5.74) is 0. The predicted octanol–water partition coefficient (Wildman–Crippen LogP) is 3.32. The minimum absolute atomic E-state index is 0.694. The molecule has 0 saturated heterocycles. The fourth-order valence-electron chi connectivity index (χ4n) is 0. The van der Waals surface area contributed by atoms with Gasteiger partial charge in [0, 0.05) is 0 Å². The van der Waals surface area contributed by atoms with Crippen LogP contribution < -0.4 is 0 Å². The topological polar surface area (TPSA) is 66.2 Å². The summed E-state index contributed by atoms with van der Waals surface area (Å²) < 4.78 is 5.86. The van der Waals surface area contributed by atoms with Crippen molar-refractivity contribution in [3.8, 4) is 0 Å². The molecule has 0 bridgehead atoms. The van der Waals surface area contributed by atoms with E-state index in [1.807, 2.05) is 20.8 Å². The quantitative estimate of drug-likeness (QED) is 0.792. The normalized spacial score (nSPS) is 6.64. The number of rotatable bonds is 3. The van der Waals surface area contributed by atoms with Crippen molar-refractivity contribution in [3.05, 3.63) is 16.0 Å². The van der Waals surface area contributed by atoms with E-state index in [1.165, 1.54) is 0 Å². The zero-order valence-electron chi connectivity index (χ0n) is 10.4. The molecule has 0 aliphatic carbocycles. The van der Waals surface area contributed by atoms with Crippen molar-refractivity contribution in [1.29, 1.82) is 3.76 Å². The molecule has 1 N–H and O–H groups in total. The van der Waals surface area contributed by atoms with E-state index in [-0.39, 0.29) is 0 Å². The monoisotopic (exact) mass is 370 g/mol. The van der Waals surface area contributed by atoms with Gasteiger partial charge in [-0.2, -0.15) is 40.8 Å². The molecule has 0 aliphatic heterocycles. The molecule has 0 radical (unpaired) electrons. The van der Waals surface area contributed by atoms with Crippen LogP contribution in [0.3, 0.4) is 0 Å². The van der Waals surface area contributed by atoms with Crippen molar-refractivity contribution in [2.24, 2.45) is 0 Å². The van der Waals surface area contributed by atoms with E-state index >= 15 is 0 Å². The third-order valence-corrected chi connectivity index (χ3v) is 0.949. The van der Waals surface area contributed by atoms with Crippen LogP contribution in [0.1, 0.15) is 20.8 Å². The predicted molar refractivity (Wildman–Crippen MR) is 62.2 cm³/mol. The van der Waals surface area contributed by atoms with Crippen molar-refractivity contribution in [2.45, 2.75) is 20.8 Å². The minimum atomic E-state index is 0.694. The standard InChI is InChI=1S/3C3H8N.HN.Ta/c3*1-3-4-2;;/h3*3H2,1-2H3;1H;/q3*-1;;. The second kappa shape index (κ2) is 50.2. The fourth-order valence-corrected chi connectivity index (χ4v) is 0. The van der Waals surface area contributed by atoms with E-state index in [2.05, 4.69) is 16.0 Å². The fraction of sp³-hybridized carbons (Fsp3) is 1.00. The Balaban J connectivity index is -0.0000000492. The average Bonchev–Trinajstić information content (AvgIpc) is 2.31. The van der Waals surface area contributed by atoms with Gasteiger partial charge in [-0.25, -0.2) is 0 Å². The van der Waals surface area contributed by atoms with Crippen LogP contribution in [0, 0.1) is 3.76 Å². The van der Waals surface area contributed by atoms with Crippen LogP contribution in [0.5, 0.6) is 0 Å². The molecule has 0 aromatic rings. The Hall–Kier alpha value is 0.420. The SMILES string of the molecule is CC[N-]C.CC[N-]C.CC[N-]C.[NH]=[Ta]. The Morgan fingerprint density at radius 1 is 0.714 bits per heavy atom. The molecule has 14 heavy (non-hydrogen) atoms. The third kappa shape index (κ3) is 138. The molecule has 0 spiro atoms. The Morgan fingerprint density at radius 2 is 0.786 bits per heavy atom. The zero-order chi connectivity index (χ0) is 12.2. The van der Waals surface area contributed by atoms with Gasteiger partial charge in [0.05, 0.1) is 0 Å². The van der Waals surface area contributed by atoms with Gasteiger partial charge in [0.1, 0.15) is 0 Å². The van der Waals surface area contributed by atoms with Crippen LogP contribution in [0.4, 0.5) is 0 Å². The van der Waals surface area contributed by atoms with Crippen LogP contribution in [0.2, 0.25) is 0 Å². The van der Waals surface area contributed by atoms with E-state index in [1.54, 1.807) is 21.1 Å². The molecule has 0 aromatic heterocycles. The third-order valence-electron chi connectivity index (χ3n) is 0.949. The molecule has 0 unspecified atom stereocenters. The van der Waals surface area contributed by atoms with Gasteiger partial charge in [0.25, 0.3) is 0 Å². The molecule has 5 heteroatoms. The first-order chi connectivity index (χ1) is 6.74. The Bertz CT molecular complexity index is 40.6. The van der Waals surface area contributed by atoms with Gasteiger partial charge in [-0.3, -0.25) is 0 Å². The number of nitrogens with one attached hydrogen (secondary N) is 1. The molecule has 0 atom stereocenters. The second-order valence-electron chi connectivity index (χ2n) is 1.90. The first kappa shape index (κ1) is 23.9. The van der Waals surface area contributed by atoms with Crippen LogP contribution >= 0.6 is 0 Å². The van der Waals surface area contributed by atoms with Crippen LogP contribution in [0.25, 0.3) is 16.0 Å². The van der Waals surface area contributed by atoms with Crippen molar-refractivity contribution < 1.29 is 20.9 Å². The summed E-state index contributed by atoms with van der Waals surface area (Å²) in [7, 11) is 5.42. The summed E-state index contributed by atoms with van der Waals surface area (Å²) in [4.78, 5) is 0. The van der Waals surface area contributed by atoms with Gasteiger partial charge < -0.3 is 16.0 Å². The number of nitrogens with zero attached hydrogens (tertiary/aromatic N) is 3. The molecule has 0 aromatic carbocycles. The molecule has 0 rings (SSSR count). The van der Waals surface area contributed by atoms with Gasteiger partial charge in [0.15, 0.2) is 0 Å². The van der Waals surface area contributed by atoms with Gasteiger partial charge in [-0.15, -0.1) is 0 Å². The van der Waals surface area contributed by atoms with Crippen molar-refractivity contribution >= 4 is 0 Å². The second-order valence-corrected chi connectivity index (χ2v) is 1.90. The van der Waals surface area contributed by atoms with Crippen molar-refractivity contribution in [2.75, 3.05) is 40.8 Å². The van der Waals surface area contributed by atoms with E-state index in [4.69, 9.17) is 3.76 Å². The van der Waals surface area contributed by atoms with Gasteiger partial charge in [-0.1, -0.05) is 20.8 Å². The summed E-state index contributed by atoms with van der Waals surface area (Å²) in [6.45, 7) is 8.88. The van der Waals surface area contributed by atoms with Gasteiger partial charge in [-0.05, 0) is 0 Å². The van der Waals surface area contributed by atoms with Crippen molar-refractivity contribution in [1.82, 2.24) is 0 Å². The first-order valence-corrected chi connectivity index (χ1v) is 6.24. The molecule has 4 nitrogen and oxygen atoms in total. The molecule has 89 valence electrons. The van der Waals surface area contributed by atoms with E-state index < -0.39 is 0 Å². The van der Waals surface area contributed by atoms with E-state index in [0.717, 1.165) is 19.6 Å². The summed E-state index contributed by atoms with van der Waals surface area (Å²) in [6.07, 6.45) is 0. The van der Waals surface area contributed by atoms with Crippen LogP contribution in [0.15, 0.2) is 0 Å². The van der Waals surface area contributed by atoms with Crippen LogP contribution in [-0.2, 0) is 20.9 Å². The van der Waals surface area contributed by atoms with Gasteiger partial charge >= 0.3 is 24.6 Å². The molecule has 0 fully saturated rings. The first-order valence-electron chi connectivity index (χ1n) is 4.64.